The fourth-order valence-electron chi connectivity index (χ4n) is 7.37. The first-order chi connectivity index (χ1) is 24.9. The van der Waals surface area contributed by atoms with Crippen molar-refractivity contribution in [3.05, 3.63) is 111 Å². The second-order valence-electron chi connectivity index (χ2n) is 13.2. The third-order valence-electron chi connectivity index (χ3n) is 9.70. The summed E-state index contributed by atoms with van der Waals surface area (Å²) in [6, 6.07) is 13.9. The van der Waals surface area contributed by atoms with Crippen molar-refractivity contribution in [2.75, 3.05) is 32.1 Å². The largest absolute Gasteiger partial charge is 0.494 e. The van der Waals surface area contributed by atoms with E-state index in [1.165, 1.54) is 12.6 Å². The van der Waals surface area contributed by atoms with Crippen molar-refractivity contribution in [2.24, 2.45) is 12.8 Å². The molecule has 52 heavy (non-hydrogen) atoms. The number of rotatable bonds is 12. The van der Waals surface area contributed by atoms with Crippen molar-refractivity contribution in [1.29, 1.82) is 0 Å². The Labute approximate surface area is 316 Å². The number of carbonyl (C=O) groups is 1. The van der Waals surface area contributed by atoms with E-state index < -0.39 is 0 Å². The number of fused-ring (bicyclic) bond motifs is 2. The van der Waals surface area contributed by atoms with E-state index in [9.17, 15) is 4.79 Å². The lowest BCUT2D eigenvalue weighted by atomic mass is 9.97. The molecule has 0 bridgehead atoms. The molecule has 0 aliphatic carbocycles. The molecule has 3 heterocycles. The van der Waals surface area contributed by atoms with Gasteiger partial charge in [-0.2, -0.15) is 0 Å². The number of likely N-dealkylation sites (N-methyl/N-ethyl adjacent to an activating group) is 1. The molecule has 8 nitrogen and oxygen atoms in total. The number of aldehydes is 1. The molecule has 0 fully saturated rings. The molecule has 3 aromatic heterocycles. The van der Waals surface area contributed by atoms with Gasteiger partial charge in [-0.25, -0.2) is 9.97 Å². The molecule has 0 radical (unpaired) electrons. The number of hydrogen-bond acceptors (Lipinski definition) is 6. The van der Waals surface area contributed by atoms with Gasteiger partial charge in [0.25, 0.3) is 0 Å². The Morgan fingerprint density at radius 2 is 1.65 bits per heavy atom. The molecular formula is C42H48Cl2N6O2. The number of aryl methyl sites for hydroxylation is 6. The first-order valence-electron chi connectivity index (χ1n) is 17.4. The Balaban J connectivity index is 0.00000257. The number of anilines is 1. The first kappa shape index (κ1) is 38.6. The van der Waals surface area contributed by atoms with E-state index >= 15 is 0 Å². The van der Waals surface area contributed by atoms with E-state index in [1.807, 2.05) is 77.2 Å². The highest BCUT2D eigenvalue weighted by Crippen LogP contribution is 2.43. The van der Waals surface area contributed by atoms with E-state index in [-0.39, 0.29) is 6.04 Å². The van der Waals surface area contributed by atoms with Gasteiger partial charge in [0.1, 0.15) is 18.4 Å². The van der Waals surface area contributed by atoms with Gasteiger partial charge in [0.2, 0.25) is 0 Å². The van der Waals surface area contributed by atoms with Gasteiger partial charge in [-0.3, -0.25) is 4.79 Å². The molecule has 0 spiro atoms. The van der Waals surface area contributed by atoms with Gasteiger partial charge in [0, 0.05) is 88.0 Å². The zero-order valence-electron chi connectivity index (χ0n) is 31.3. The second-order valence-corrected chi connectivity index (χ2v) is 14.0. The van der Waals surface area contributed by atoms with E-state index in [1.54, 1.807) is 6.33 Å². The standard InChI is InChI=1S/C41H43Cl2N5O2.CH5N/c1-9-35-31(11-10-16-50-30-17-24(2)40(43)25(3)18-30)32-13-14-34(42)39(38-27(5)44-23-45-28(38)6)41(32)48(35)26(4)20-46(7)37-21-47(8)36-15-12-29(22-49)19-33(36)37;1-2/h9,12-15,17-19,21-23,26H,1,10-11,16,20H2,2-8H3;2H2,1H3/t26-;/m1./s1. The van der Waals surface area contributed by atoms with E-state index in [0.717, 1.165) is 96.7 Å². The minimum Gasteiger partial charge on any atom is -0.494 e. The lowest BCUT2D eigenvalue weighted by Gasteiger charge is -2.27. The van der Waals surface area contributed by atoms with Crippen molar-refractivity contribution in [2.45, 2.75) is 53.5 Å². The first-order valence-corrected chi connectivity index (χ1v) is 18.2. The zero-order valence-corrected chi connectivity index (χ0v) is 32.9. The number of halogens is 2. The smallest absolute Gasteiger partial charge is 0.150 e. The van der Waals surface area contributed by atoms with Crippen LogP contribution in [-0.4, -0.2) is 52.6 Å². The highest BCUT2D eigenvalue weighted by atomic mass is 35.5. The highest BCUT2D eigenvalue weighted by Gasteiger charge is 2.26. The fourth-order valence-corrected chi connectivity index (χ4v) is 7.73. The lowest BCUT2D eigenvalue weighted by Crippen LogP contribution is -2.26. The van der Waals surface area contributed by atoms with E-state index in [0.29, 0.717) is 23.7 Å². The number of hydrogen-bond donors (Lipinski definition) is 1. The molecule has 10 heteroatoms. The zero-order chi connectivity index (χ0) is 37.9. The molecule has 0 aliphatic rings. The Bertz CT molecular complexity index is 2230. The van der Waals surface area contributed by atoms with E-state index in [4.69, 9.17) is 27.9 Å². The van der Waals surface area contributed by atoms with Crippen LogP contribution in [-0.2, 0) is 13.5 Å². The van der Waals surface area contributed by atoms with Crippen LogP contribution in [0.2, 0.25) is 10.0 Å². The Hall–Kier alpha value is -4.63. The molecule has 0 amide bonds. The van der Waals surface area contributed by atoms with Gasteiger partial charge in [-0.1, -0.05) is 35.8 Å². The SMILES string of the molecule is C=Cc1c(CCCOc2cc(C)c(Cl)c(C)c2)c2ccc(Cl)c(-c3c(C)ncnc3C)c2n1[C@H](C)CN(C)c1cn(C)c2ccc(C=O)cc12.CN. The predicted octanol–water partition coefficient (Wildman–Crippen LogP) is 9.87. The van der Waals surface area contributed by atoms with Crippen LogP contribution in [0.15, 0.2) is 61.6 Å². The topological polar surface area (TPSA) is 91.2 Å². The molecule has 6 rings (SSSR count). The molecule has 3 aromatic carbocycles. The van der Waals surface area contributed by atoms with Crippen LogP contribution >= 0.6 is 23.2 Å². The summed E-state index contributed by atoms with van der Waals surface area (Å²) in [7, 11) is 5.63. The molecule has 0 saturated carbocycles. The van der Waals surface area contributed by atoms with Crippen LogP contribution in [0.3, 0.4) is 0 Å². The van der Waals surface area contributed by atoms with Crippen molar-refractivity contribution in [3.63, 3.8) is 0 Å². The van der Waals surface area contributed by atoms with Crippen LogP contribution in [0.5, 0.6) is 5.75 Å². The molecule has 0 aliphatic heterocycles. The van der Waals surface area contributed by atoms with Gasteiger partial charge in [0.05, 0.1) is 22.8 Å². The number of nitrogens with zero attached hydrogens (tertiary/aromatic N) is 5. The van der Waals surface area contributed by atoms with Crippen molar-refractivity contribution in [3.8, 4) is 16.9 Å². The normalized spacial score (nSPS) is 11.8. The summed E-state index contributed by atoms with van der Waals surface area (Å²) < 4.78 is 10.7. The van der Waals surface area contributed by atoms with Crippen LogP contribution in [0, 0.1) is 27.7 Å². The Morgan fingerprint density at radius 3 is 2.29 bits per heavy atom. The molecule has 0 unspecified atom stereocenters. The molecule has 1 atom stereocenters. The summed E-state index contributed by atoms with van der Waals surface area (Å²) in [5.41, 5.74) is 16.2. The van der Waals surface area contributed by atoms with Gasteiger partial charge >= 0.3 is 0 Å². The van der Waals surface area contributed by atoms with E-state index in [2.05, 4.69) is 62.5 Å². The maximum Gasteiger partial charge on any atom is 0.150 e. The lowest BCUT2D eigenvalue weighted by molar-refractivity contribution is 0.112. The summed E-state index contributed by atoms with van der Waals surface area (Å²) in [4.78, 5) is 23.1. The second kappa shape index (κ2) is 16.4. The monoisotopic (exact) mass is 738 g/mol. The molecule has 2 N–H and O–H groups in total. The molecule has 6 aromatic rings. The number of aromatic nitrogens is 4. The van der Waals surface area contributed by atoms with Crippen molar-refractivity contribution >= 4 is 63.1 Å². The molecule has 272 valence electrons. The predicted molar refractivity (Wildman–Crippen MR) is 219 cm³/mol. The highest BCUT2D eigenvalue weighted by molar-refractivity contribution is 6.35. The fraction of sp³-hybridized carbons (Fsp3) is 0.310. The summed E-state index contributed by atoms with van der Waals surface area (Å²) in [6.07, 6.45) is 8.16. The van der Waals surface area contributed by atoms with Crippen LogP contribution in [0.1, 0.15) is 63.5 Å². The van der Waals surface area contributed by atoms with Gasteiger partial charge in [0.15, 0.2) is 0 Å². The maximum absolute atomic E-state index is 11.7. The number of ether oxygens (including phenoxy) is 1. The van der Waals surface area contributed by atoms with Crippen LogP contribution in [0.25, 0.3) is 39.0 Å². The van der Waals surface area contributed by atoms with Gasteiger partial charge < -0.3 is 24.5 Å². The average molecular weight is 740 g/mol. The summed E-state index contributed by atoms with van der Waals surface area (Å²) in [6.45, 7) is 15.8. The number of nitrogens with two attached hydrogens (primary N) is 1. The third kappa shape index (κ3) is 7.33. The molecular weight excluding hydrogens is 691 g/mol. The van der Waals surface area contributed by atoms with Crippen molar-refractivity contribution in [1.82, 2.24) is 19.1 Å². The quantitative estimate of drug-likeness (QED) is 0.0993. The molecule has 0 saturated heterocycles. The number of benzene rings is 3. The Kier molecular flexibility index (Phi) is 12.1. The minimum atomic E-state index is -0.00696. The van der Waals surface area contributed by atoms with Gasteiger partial charge in [-0.05, 0) is 114 Å². The Morgan fingerprint density at radius 1 is 0.981 bits per heavy atom. The summed E-state index contributed by atoms with van der Waals surface area (Å²) >= 11 is 13.5. The summed E-state index contributed by atoms with van der Waals surface area (Å²) in [5, 5.41) is 3.58. The van der Waals surface area contributed by atoms with Crippen LogP contribution in [0.4, 0.5) is 5.69 Å². The van der Waals surface area contributed by atoms with Gasteiger partial charge in [-0.15, -0.1) is 0 Å². The minimum absolute atomic E-state index is 0.00696. The average Bonchev–Trinajstić information content (AvgIpc) is 3.64. The van der Waals surface area contributed by atoms with Crippen LogP contribution < -0.4 is 15.4 Å². The summed E-state index contributed by atoms with van der Waals surface area (Å²) in [5.74, 6) is 0.824. The number of carbonyl (C=O) groups excluding carboxylic acids is 1. The van der Waals surface area contributed by atoms with Crippen molar-refractivity contribution < 1.29 is 9.53 Å². The third-order valence-corrected chi connectivity index (χ3v) is 10.6. The maximum atomic E-state index is 11.7.